The lowest BCUT2D eigenvalue weighted by Crippen LogP contribution is -2.55. The Hall–Kier alpha value is -1.24. The normalized spacial score (nSPS) is 18.8. The fourth-order valence-corrected chi connectivity index (χ4v) is 5.73. The van der Waals surface area contributed by atoms with Gasteiger partial charge in [-0.3, -0.25) is 10.1 Å². The highest BCUT2D eigenvalue weighted by Gasteiger charge is 2.45. The van der Waals surface area contributed by atoms with Crippen LogP contribution in [0.2, 0.25) is 0 Å². The zero-order valence-corrected chi connectivity index (χ0v) is 18.9. The van der Waals surface area contributed by atoms with Crippen LogP contribution in [0.1, 0.15) is 18.3 Å². The van der Waals surface area contributed by atoms with Crippen molar-refractivity contribution in [1.82, 2.24) is 13.7 Å². The standard InChI is InChI=1S/C15H16Cl3N5O4S2/c1-10-9-21(29(26,27)15(16,17)18)6-7-22(10)14-19-13(20-28-14)8-11-4-2-3-5-12(11)23(24)25/h2-5,10H,6-9H2,1H3. The number of piperazine rings is 1. The third-order valence-electron chi connectivity index (χ3n) is 4.46. The molecular formula is C15H16Cl3N5O4S2. The van der Waals surface area contributed by atoms with Crippen molar-refractivity contribution < 1.29 is 13.3 Å². The van der Waals surface area contributed by atoms with Gasteiger partial charge in [-0.05, 0) is 6.92 Å². The molecule has 14 heteroatoms. The van der Waals surface area contributed by atoms with Crippen LogP contribution in [0, 0.1) is 10.1 Å². The van der Waals surface area contributed by atoms with Crippen molar-refractivity contribution in [1.29, 1.82) is 0 Å². The second kappa shape index (κ2) is 8.48. The molecule has 1 unspecified atom stereocenters. The Morgan fingerprint density at radius 2 is 2.00 bits per heavy atom. The number of aromatic nitrogens is 2. The van der Waals surface area contributed by atoms with Crippen molar-refractivity contribution in [2.75, 3.05) is 24.5 Å². The SMILES string of the molecule is CC1CN(S(=O)(=O)C(Cl)(Cl)Cl)CCN1c1nc(Cc2ccccc2[N+](=O)[O-])ns1. The molecule has 2 heterocycles. The molecule has 0 amide bonds. The van der Waals surface area contributed by atoms with E-state index in [2.05, 4.69) is 9.36 Å². The lowest BCUT2D eigenvalue weighted by Gasteiger charge is -2.39. The molecule has 2 aromatic rings. The van der Waals surface area contributed by atoms with Gasteiger partial charge in [0.1, 0.15) is 5.82 Å². The van der Waals surface area contributed by atoms with E-state index in [1.165, 1.54) is 6.07 Å². The van der Waals surface area contributed by atoms with Gasteiger partial charge in [-0.1, -0.05) is 53.0 Å². The fraction of sp³-hybridized carbons (Fsp3) is 0.467. The number of halogens is 3. The Bertz CT molecular complexity index is 1010. The molecule has 0 bridgehead atoms. The number of anilines is 1. The summed E-state index contributed by atoms with van der Waals surface area (Å²) in [6.45, 7) is 2.46. The first kappa shape index (κ1) is 22.4. The second-order valence-electron chi connectivity index (χ2n) is 6.41. The predicted molar refractivity (Wildman–Crippen MR) is 113 cm³/mol. The highest BCUT2D eigenvalue weighted by molar-refractivity contribution is 7.95. The van der Waals surface area contributed by atoms with Crippen molar-refractivity contribution in [2.45, 2.75) is 22.5 Å². The molecule has 158 valence electrons. The number of hydrogen-bond acceptors (Lipinski definition) is 8. The van der Waals surface area contributed by atoms with Crippen molar-refractivity contribution in [3.63, 3.8) is 0 Å². The molecule has 1 atom stereocenters. The van der Waals surface area contributed by atoms with Gasteiger partial charge in [0.2, 0.25) is 5.13 Å². The topological polar surface area (TPSA) is 110 Å². The molecule has 1 aliphatic heterocycles. The molecule has 29 heavy (non-hydrogen) atoms. The number of alkyl halides is 3. The Labute approximate surface area is 186 Å². The van der Waals surface area contributed by atoms with Crippen molar-refractivity contribution in [3.8, 4) is 0 Å². The third-order valence-corrected chi connectivity index (χ3v) is 8.61. The van der Waals surface area contributed by atoms with Gasteiger partial charge >= 0.3 is 3.12 Å². The molecule has 3 rings (SSSR count). The molecule has 0 aliphatic carbocycles. The average Bonchev–Trinajstić information content (AvgIpc) is 3.09. The Morgan fingerprint density at radius 3 is 2.62 bits per heavy atom. The van der Waals surface area contributed by atoms with Crippen molar-refractivity contribution >= 4 is 67.2 Å². The maximum absolute atomic E-state index is 12.3. The quantitative estimate of drug-likeness (QED) is 0.352. The molecule has 0 saturated carbocycles. The molecular weight excluding hydrogens is 485 g/mol. The zero-order valence-electron chi connectivity index (χ0n) is 15.0. The third kappa shape index (κ3) is 4.75. The minimum atomic E-state index is -4.08. The van der Waals surface area contributed by atoms with Crippen LogP contribution >= 0.6 is 46.3 Å². The number of hydrogen-bond donors (Lipinski definition) is 0. The number of nitrogens with zero attached hydrogens (tertiary/aromatic N) is 5. The van der Waals surface area contributed by atoms with Crippen molar-refractivity contribution in [2.24, 2.45) is 0 Å². The fourth-order valence-electron chi connectivity index (χ4n) is 3.02. The average molecular weight is 501 g/mol. The van der Waals surface area contributed by atoms with E-state index in [0.29, 0.717) is 23.1 Å². The van der Waals surface area contributed by atoms with E-state index in [9.17, 15) is 18.5 Å². The van der Waals surface area contributed by atoms with Crippen LogP contribution in [0.15, 0.2) is 24.3 Å². The van der Waals surface area contributed by atoms with Gasteiger partial charge in [0, 0.05) is 55.3 Å². The summed E-state index contributed by atoms with van der Waals surface area (Å²) in [5.74, 6) is 0.461. The Kier molecular flexibility index (Phi) is 6.56. The van der Waals surface area contributed by atoms with E-state index >= 15 is 0 Å². The maximum atomic E-state index is 12.3. The molecule has 9 nitrogen and oxygen atoms in total. The number of nitro groups is 1. The van der Waals surface area contributed by atoms with E-state index in [0.717, 1.165) is 15.8 Å². The van der Waals surface area contributed by atoms with E-state index in [1.807, 2.05) is 11.8 Å². The molecule has 1 saturated heterocycles. The first-order chi connectivity index (χ1) is 13.5. The molecule has 1 aromatic heterocycles. The highest BCUT2D eigenvalue weighted by atomic mass is 35.6. The smallest absolute Gasteiger partial charge is 0.306 e. The molecule has 1 aromatic carbocycles. The van der Waals surface area contributed by atoms with E-state index in [-0.39, 0.29) is 31.2 Å². The Morgan fingerprint density at radius 1 is 1.31 bits per heavy atom. The molecule has 1 fully saturated rings. The van der Waals surface area contributed by atoms with Crippen LogP contribution in [0.4, 0.5) is 10.8 Å². The summed E-state index contributed by atoms with van der Waals surface area (Å²) in [4.78, 5) is 17.1. The van der Waals surface area contributed by atoms with Crippen LogP contribution in [-0.4, -0.2) is 55.8 Å². The van der Waals surface area contributed by atoms with Gasteiger partial charge in [0.05, 0.1) is 4.92 Å². The summed E-state index contributed by atoms with van der Waals surface area (Å²) < 4.78 is 27.7. The van der Waals surface area contributed by atoms with E-state index < -0.39 is 18.1 Å². The van der Waals surface area contributed by atoms with Crippen LogP contribution in [-0.2, 0) is 16.4 Å². The number of sulfonamides is 1. The summed E-state index contributed by atoms with van der Waals surface area (Å²) in [6.07, 6.45) is 0.226. The van der Waals surface area contributed by atoms with Crippen LogP contribution in [0.5, 0.6) is 0 Å². The van der Waals surface area contributed by atoms with Crippen LogP contribution in [0.25, 0.3) is 0 Å². The zero-order chi connectivity index (χ0) is 21.4. The Balaban J connectivity index is 1.73. The largest absolute Gasteiger partial charge is 0.342 e. The maximum Gasteiger partial charge on any atom is 0.306 e. The summed E-state index contributed by atoms with van der Waals surface area (Å²) >= 11 is 17.9. The first-order valence-corrected chi connectivity index (χ1v) is 11.7. The monoisotopic (exact) mass is 499 g/mol. The number of benzene rings is 1. The lowest BCUT2D eigenvalue weighted by molar-refractivity contribution is -0.385. The van der Waals surface area contributed by atoms with Gasteiger partial charge in [0.25, 0.3) is 15.7 Å². The van der Waals surface area contributed by atoms with Gasteiger partial charge in [-0.15, -0.1) is 0 Å². The van der Waals surface area contributed by atoms with Crippen molar-refractivity contribution in [3.05, 3.63) is 45.8 Å². The molecule has 1 aliphatic rings. The number of nitro benzene ring substituents is 1. The summed E-state index contributed by atoms with van der Waals surface area (Å²) in [6, 6.07) is 6.21. The molecule has 0 spiro atoms. The molecule has 0 N–H and O–H groups in total. The summed E-state index contributed by atoms with van der Waals surface area (Å²) in [5.41, 5.74) is 0.538. The summed E-state index contributed by atoms with van der Waals surface area (Å²) in [5, 5.41) is 11.8. The highest BCUT2D eigenvalue weighted by Crippen LogP contribution is 2.36. The minimum absolute atomic E-state index is 0.0164. The number of para-hydroxylation sites is 1. The van der Waals surface area contributed by atoms with Gasteiger partial charge in [0.15, 0.2) is 0 Å². The van der Waals surface area contributed by atoms with Gasteiger partial charge in [-0.25, -0.2) is 13.4 Å². The minimum Gasteiger partial charge on any atom is -0.342 e. The number of rotatable bonds is 5. The van der Waals surface area contributed by atoms with Crippen LogP contribution in [0.3, 0.4) is 0 Å². The van der Waals surface area contributed by atoms with E-state index in [4.69, 9.17) is 34.8 Å². The lowest BCUT2D eigenvalue weighted by atomic mass is 10.1. The molecule has 0 radical (unpaired) electrons. The van der Waals surface area contributed by atoms with Gasteiger partial charge in [-0.2, -0.15) is 8.68 Å². The predicted octanol–water partition coefficient (Wildman–Crippen LogP) is 3.21. The first-order valence-electron chi connectivity index (χ1n) is 8.38. The van der Waals surface area contributed by atoms with Crippen LogP contribution < -0.4 is 4.90 Å². The van der Waals surface area contributed by atoms with Gasteiger partial charge < -0.3 is 4.90 Å². The van der Waals surface area contributed by atoms with E-state index in [1.54, 1.807) is 18.2 Å². The summed E-state index contributed by atoms with van der Waals surface area (Å²) in [7, 11) is -4.08. The second-order valence-corrected chi connectivity index (χ2v) is 12.2.